The summed E-state index contributed by atoms with van der Waals surface area (Å²) >= 11 is 0. The van der Waals surface area contributed by atoms with Gasteiger partial charge in [-0.15, -0.1) is 0 Å². The van der Waals surface area contributed by atoms with Gasteiger partial charge >= 0.3 is 5.97 Å². The molecule has 8 atom stereocenters. The van der Waals surface area contributed by atoms with Crippen LogP contribution in [0.5, 0.6) is 0 Å². The number of esters is 1. The molecule has 5 aliphatic carbocycles. The molecule has 0 heterocycles. The number of carbonyl (C=O) groups is 2. The first-order valence-electron chi connectivity index (χ1n) is 12.6. The highest BCUT2D eigenvalue weighted by molar-refractivity contribution is 5.84. The van der Waals surface area contributed by atoms with E-state index in [9.17, 15) is 9.59 Å². The summed E-state index contributed by atoms with van der Waals surface area (Å²) in [6.45, 7) is 8.46. The molecule has 0 amide bonds. The van der Waals surface area contributed by atoms with Crippen molar-refractivity contribution >= 4 is 11.8 Å². The third-order valence-electron chi connectivity index (χ3n) is 11.0. The van der Waals surface area contributed by atoms with E-state index in [1.165, 1.54) is 51.9 Å². The van der Waals surface area contributed by atoms with Gasteiger partial charge in [0, 0.05) is 18.8 Å². The Morgan fingerprint density at radius 1 is 1.00 bits per heavy atom. The van der Waals surface area contributed by atoms with E-state index in [2.05, 4.69) is 19.9 Å². The first kappa shape index (κ1) is 20.8. The summed E-state index contributed by atoms with van der Waals surface area (Å²) in [4.78, 5) is 24.7. The van der Waals surface area contributed by atoms with Crippen molar-refractivity contribution in [3.05, 3.63) is 11.6 Å². The number of fused-ring (bicyclic) bond motifs is 7. The Labute approximate surface area is 182 Å². The maximum atomic E-state index is 13.2. The Hall–Kier alpha value is -1.12. The van der Waals surface area contributed by atoms with Crippen LogP contribution in [0.3, 0.4) is 0 Å². The van der Waals surface area contributed by atoms with Gasteiger partial charge < -0.3 is 4.74 Å². The molecule has 0 aliphatic heterocycles. The van der Waals surface area contributed by atoms with Gasteiger partial charge in [0.15, 0.2) is 0 Å². The molecule has 0 aromatic carbocycles. The van der Waals surface area contributed by atoms with Crippen molar-refractivity contribution in [3.8, 4) is 0 Å². The fourth-order valence-electron chi connectivity index (χ4n) is 9.76. The zero-order chi connectivity index (χ0) is 21.3. The van der Waals surface area contributed by atoms with Gasteiger partial charge in [-0.25, -0.2) is 0 Å². The minimum Gasteiger partial charge on any atom is -0.462 e. The molecule has 0 spiro atoms. The van der Waals surface area contributed by atoms with Crippen molar-refractivity contribution in [2.75, 3.05) is 0 Å². The van der Waals surface area contributed by atoms with Crippen LogP contribution in [0.25, 0.3) is 0 Å². The van der Waals surface area contributed by atoms with Crippen molar-refractivity contribution in [2.45, 2.75) is 104 Å². The third kappa shape index (κ3) is 2.62. The van der Waals surface area contributed by atoms with Crippen LogP contribution in [0.2, 0.25) is 0 Å². The van der Waals surface area contributed by atoms with Crippen molar-refractivity contribution in [2.24, 2.45) is 39.9 Å². The standard InChI is InChI=1S/C27H40O3/c1-17(28)27-12-6-5-7-20(27)16-24-22-9-8-19-15-21(30-18(2)29)10-13-25(19,3)23(22)11-14-26(24,27)4/h8,20-24H,5-7,9-16H2,1-4H3/t20-,21+,22+,23-,24-,25+,26+,27+/m1/s1. The van der Waals surface area contributed by atoms with Crippen LogP contribution in [0.15, 0.2) is 11.6 Å². The Morgan fingerprint density at radius 2 is 1.80 bits per heavy atom. The van der Waals surface area contributed by atoms with Crippen molar-refractivity contribution in [1.82, 2.24) is 0 Å². The van der Waals surface area contributed by atoms with E-state index in [1.807, 2.05) is 6.92 Å². The van der Waals surface area contributed by atoms with E-state index >= 15 is 0 Å². The quantitative estimate of drug-likeness (QED) is 0.397. The maximum absolute atomic E-state index is 13.2. The van der Waals surface area contributed by atoms with Gasteiger partial charge in [0.05, 0.1) is 0 Å². The summed E-state index contributed by atoms with van der Waals surface area (Å²) < 4.78 is 5.59. The summed E-state index contributed by atoms with van der Waals surface area (Å²) in [7, 11) is 0. The summed E-state index contributed by atoms with van der Waals surface area (Å²) in [5, 5.41) is 0. The molecule has 0 aromatic heterocycles. The van der Waals surface area contributed by atoms with Gasteiger partial charge in [-0.2, -0.15) is 0 Å². The smallest absolute Gasteiger partial charge is 0.302 e. The second-order valence-corrected chi connectivity index (χ2v) is 11.9. The molecular formula is C27H40O3. The number of allylic oxidation sites excluding steroid dienone is 1. The van der Waals surface area contributed by atoms with Gasteiger partial charge in [0.25, 0.3) is 0 Å². The average Bonchev–Trinajstić information content (AvgIpc) is 2.98. The number of hydrogen-bond acceptors (Lipinski definition) is 3. The summed E-state index contributed by atoms with van der Waals surface area (Å²) in [5.74, 6) is 3.13. The van der Waals surface area contributed by atoms with Crippen LogP contribution in [0.4, 0.5) is 0 Å². The molecule has 0 N–H and O–H groups in total. The number of rotatable bonds is 2. The third-order valence-corrected chi connectivity index (χ3v) is 11.0. The minimum atomic E-state index is -0.144. The predicted octanol–water partition coefficient (Wildman–Crippen LogP) is 6.26. The lowest BCUT2D eigenvalue weighted by molar-refractivity contribution is -0.151. The number of ketones is 1. The molecule has 4 fully saturated rings. The zero-order valence-corrected chi connectivity index (χ0v) is 19.5. The fourth-order valence-corrected chi connectivity index (χ4v) is 9.76. The molecule has 0 aromatic rings. The van der Waals surface area contributed by atoms with Gasteiger partial charge in [-0.05, 0) is 92.8 Å². The fraction of sp³-hybridized carbons (Fsp3) is 0.852. The van der Waals surface area contributed by atoms with E-state index in [1.54, 1.807) is 5.57 Å². The second kappa shape index (κ2) is 6.94. The van der Waals surface area contributed by atoms with E-state index in [-0.39, 0.29) is 28.3 Å². The summed E-state index contributed by atoms with van der Waals surface area (Å²) in [5.41, 5.74) is 1.97. The first-order valence-corrected chi connectivity index (χ1v) is 12.6. The van der Waals surface area contributed by atoms with Crippen molar-refractivity contribution in [3.63, 3.8) is 0 Å². The molecule has 3 heteroatoms. The number of Topliss-reactive ketones (excluding diaryl/α,β-unsaturated/α-hetero) is 1. The highest BCUT2D eigenvalue weighted by Crippen LogP contribution is 2.73. The molecule has 5 aliphatic rings. The topological polar surface area (TPSA) is 43.4 Å². The molecule has 4 saturated carbocycles. The Kier molecular flexibility index (Phi) is 4.80. The molecular weight excluding hydrogens is 372 g/mol. The van der Waals surface area contributed by atoms with E-state index in [0.29, 0.717) is 17.6 Å². The van der Waals surface area contributed by atoms with Crippen LogP contribution in [0.1, 0.15) is 98.3 Å². The van der Waals surface area contributed by atoms with Crippen LogP contribution < -0.4 is 0 Å². The molecule has 30 heavy (non-hydrogen) atoms. The van der Waals surface area contributed by atoms with Crippen molar-refractivity contribution < 1.29 is 14.3 Å². The van der Waals surface area contributed by atoms with E-state index in [4.69, 9.17) is 4.74 Å². The Balaban J connectivity index is 1.46. The first-order chi connectivity index (χ1) is 14.2. The second-order valence-electron chi connectivity index (χ2n) is 11.9. The molecule has 5 rings (SSSR count). The van der Waals surface area contributed by atoms with E-state index < -0.39 is 0 Å². The van der Waals surface area contributed by atoms with Gasteiger partial charge in [-0.1, -0.05) is 38.3 Å². The molecule has 0 radical (unpaired) electrons. The largest absolute Gasteiger partial charge is 0.462 e. The van der Waals surface area contributed by atoms with E-state index in [0.717, 1.165) is 37.5 Å². The van der Waals surface area contributed by atoms with Crippen molar-refractivity contribution in [1.29, 1.82) is 0 Å². The van der Waals surface area contributed by atoms with Crippen LogP contribution in [-0.2, 0) is 14.3 Å². The summed E-state index contributed by atoms with van der Waals surface area (Å²) in [6, 6.07) is 0. The van der Waals surface area contributed by atoms with Gasteiger partial charge in [0.1, 0.15) is 11.9 Å². The Bertz CT molecular complexity index is 783. The van der Waals surface area contributed by atoms with Gasteiger partial charge in [-0.3, -0.25) is 9.59 Å². The van der Waals surface area contributed by atoms with Crippen LogP contribution in [0, 0.1) is 39.9 Å². The highest BCUT2D eigenvalue weighted by Gasteiger charge is 2.68. The average molecular weight is 413 g/mol. The normalized spacial score (nSPS) is 49.7. The monoisotopic (exact) mass is 412 g/mol. The lowest BCUT2D eigenvalue weighted by Crippen LogP contribution is -2.55. The predicted molar refractivity (Wildman–Crippen MR) is 118 cm³/mol. The molecule has 0 bridgehead atoms. The lowest BCUT2D eigenvalue weighted by atomic mass is 9.44. The van der Waals surface area contributed by atoms with Gasteiger partial charge in [0.2, 0.25) is 0 Å². The summed E-state index contributed by atoms with van der Waals surface area (Å²) in [6.07, 6.45) is 15.6. The Morgan fingerprint density at radius 3 is 2.53 bits per heavy atom. The van der Waals surface area contributed by atoms with Crippen LogP contribution in [-0.4, -0.2) is 17.9 Å². The number of ether oxygens (including phenoxy) is 1. The molecule has 3 nitrogen and oxygen atoms in total. The highest BCUT2D eigenvalue weighted by atomic mass is 16.5. The molecule has 0 saturated heterocycles. The SMILES string of the molecule is CC(=O)O[C@H]1CC[C@@]2(C)C(=CC[C@H]3[C@H]2CC[C@@]2(C)[C@@H]3C[C@H]3CCCC[C@]32C(C)=O)C1. The molecule has 0 unspecified atom stereocenters. The zero-order valence-electron chi connectivity index (χ0n) is 19.5. The number of carbonyl (C=O) groups excluding carboxylic acids is 2. The minimum absolute atomic E-state index is 0.0429. The molecule has 166 valence electrons. The van der Waals surface area contributed by atoms with Crippen LogP contribution >= 0.6 is 0 Å². The maximum Gasteiger partial charge on any atom is 0.302 e. The lowest BCUT2D eigenvalue weighted by Gasteiger charge is -2.60. The number of hydrogen-bond donors (Lipinski definition) is 0.